The first-order valence-corrected chi connectivity index (χ1v) is 4.55. The Balaban J connectivity index is 0. The van der Waals surface area contributed by atoms with Gasteiger partial charge in [-0.3, -0.25) is 4.79 Å². The molecule has 0 aromatic heterocycles. The van der Waals surface area contributed by atoms with Gasteiger partial charge in [0.05, 0.1) is 0 Å². The molecule has 0 aliphatic carbocycles. The minimum Gasteiger partial charge on any atom is -0.509 e. The van der Waals surface area contributed by atoms with Gasteiger partial charge in [-0.25, -0.2) is 0 Å². The molecule has 0 rings (SSSR count). The van der Waals surface area contributed by atoms with Crippen LogP contribution in [0.4, 0.5) is 0 Å². The molecule has 0 aromatic rings. The van der Waals surface area contributed by atoms with Crippen molar-refractivity contribution in [1.82, 2.24) is 0 Å². The van der Waals surface area contributed by atoms with E-state index in [0.29, 0.717) is 6.61 Å². The molecule has 80 valence electrons. The summed E-state index contributed by atoms with van der Waals surface area (Å²) in [5.74, 6) is -0.166. The molecule has 4 heteroatoms. The van der Waals surface area contributed by atoms with E-state index in [0.717, 1.165) is 0 Å². The molecule has 0 radical (unpaired) electrons. The Bertz CT molecular complexity index is 200. The van der Waals surface area contributed by atoms with Crippen LogP contribution in [0.5, 0.6) is 0 Å². The van der Waals surface area contributed by atoms with Crippen molar-refractivity contribution in [2.45, 2.75) is 33.8 Å². The molecule has 0 aliphatic rings. The first kappa shape index (κ1) is 16.5. The van der Waals surface area contributed by atoms with Crippen LogP contribution in [-0.4, -0.2) is 23.6 Å². The number of aliphatic hydroxyl groups is 1. The second-order valence-electron chi connectivity index (χ2n) is 3.22. The fourth-order valence-corrected chi connectivity index (χ4v) is 0.765. The zero-order chi connectivity index (χ0) is 10.4. The zero-order valence-corrected chi connectivity index (χ0v) is 11.7. The van der Waals surface area contributed by atoms with Crippen molar-refractivity contribution in [2.24, 2.45) is 5.92 Å². The van der Waals surface area contributed by atoms with Gasteiger partial charge < -0.3 is 9.84 Å². The van der Waals surface area contributed by atoms with E-state index < -0.39 is 6.10 Å². The monoisotopic (exact) mass is 276 g/mol. The smallest absolute Gasteiger partial charge is 0.161 e. The van der Waals surface area contributed by atoms with Crippen molar-refractivity contribution < 1.29 is 40.8 Å². The molecule has 0 fully saturated rings. The van der Waals surface area contributed by atoms with E-state index in [2.05, 4.69) is 0 Å². The van der Waals surface area contributed by atoms with Crippen molar-refractivity contribution in [3.05, 3.63) is 11.8 Å². The number of carbonyl (C=O) groups is 1. The Morgan fingerprint density at radius 1 is 1.43 bits per heavy atom. The fourth-order valence-electron chi connectivity index (χ4n) is 0.765. The maximum absolute atomic E-state index is 11.2. The topological polar surface area (TPSA) is 46.5 Å². The third-order valence-electron chi connectivity index (χ3n) is 1.69. The first-order chi connectivity index (χ1) is 5.99. The SMILES string of the molecule is CCOC(C)/C(O)=C/C(=O)C(C)C.[Zr]. The summed E-state index contributed by atoms with van der Waals surface area (Å²) < 4.78 is 5.11. The quantitative estimate of drug-likeness (QED) is 0.618. The minimum absolute atomic E-state index is 0. The predicted molar refractivity (Wildman–Crippen MR) is 51.6 cm³/mol. The molecule has 1 atom stereocenters. The number of rotatable bonds is 5. The second-order valence-corrected chi connectivity index (χ2v) is 3.22. The first-order valence-electron chi connectivity index (χ1n) is 4.55. The van der Waals surface area contributed by atoms with Gasteiger partial charge in [0, 0.05) is 44.8 Å². The average molecular weight is 277 g/mol. The van der Waals surface area contributed by atoms with E-state index in [9.17, 15) is 9.90 Å². The number of ether oxygens (including phenoxy) is 1. The number of allylic oxidation sites excluding steroid dienone is 1. The number of aliphatic hydroxyl groups excluding tert-OH is 1. The molecule has 0 aromatic carbocycles. The third kappa shape index (κ3) is 6.50. The van der Waals surface area contributed by atoms with Crippen LogP contribution in [-0.2, 0) is 35.7 Å². The van der Waals surface area contributed by atoms with E-state index in [1.807, 2.05) is 6.92 Å². The van der Waals surface area contributed by atoms with Crippen LogP contribution in [0.2, 0.25) is 0 Å². The van der Waals surface area contributed by atoms with Gasteiger partial charge in [0.15, 0.2) is 5.78 Å². The van der Waals surface area contributed by atoms with Crippen molar-refractivity contribution >= 4 is 5.78 Å². The Morgan fingerprint density at radius 3 is 2.29 bits per heavy atom. The Kier molecular flexibility index (Phi) is 9.85. The zero-order valence-electron chi connectivity index (χ0n) is 9.20. The van der Waals surface area contributed by atoms with Crippen LogP contribution in [0.15, 0.2) is 11.8 Å². The Hall–Kier alpha value is 0.0531. The summed E-state index contributed by atoms with van der Waals surface area (Å²) in [6.45, 7) is 7.65. The van der Waals surface area contributed by atoms with E-state index in [4.69, 9.17) is 4.74 Å². The van der Waals surface area contributed by atoms with Crippen molar-refractivity contribution in [2.75, 3.05) is 6.61 Å². The predicted octanol–water partition coefficient (Wildman–Crippen LogP) is 2.08. The number of carbonyl (C=O) groups excluding carboxylic acids is 1. The average Bonchev–Trinajstić information content (AvgIpc) is 2.04. The van der Waals surface area contributed by atoms with Crippen LogP contribution in [0.1, 0.15) is 27.7 Å². The normalized spacial score (nSPS) is 13.6. The fraction of sp³-hybridized carbons (Fsp3) is 0.700. The van der Waals surface area contributed by atoms with Crippen molar-refractivity contribution in [3.63, 3.8) is 0 Å². The van der Waals surface area contributed by atoms with Gasteiger partial charge in [-0.05, 0) is 13.8 Å². The molecule has 1 unspecified atom stereocenters. The molecule has 0 aliphatic heterocycles. The van der Waals surface area contributed by atoms with Crippen LogP contribution in [0.3, 0.4) is 0 Å². The largest absolute Gasteiger partial charge is 0.509 e. The molecule has 0 heterocycles. The molecule has 1 N–H and O–H groups in total. The molecule has 14 heavy (non-hydrogen) atoms. The van der Waals surface area contributed by atoms with Crippen molar-refractivity contribution in [3.8, 4) is 0 Å². The molecular weight excluding hydrogens is 259 g/mol. The molecule has 3 nitrogen and oxygen atoms in total. The standard InChI is InChI=1S/C10H18O3.Zr/c1-5-13-8(4)10(12)6-9(11)7(2)3;/h6-8,12H,5H2,1-4H3;/b10-6-;. The van der Waals surface area contributed by atoms with Gasteiger partial charge in [0.25, 0.3) is 0 Å². The van der Waals surface area contributed by atoms with E-state index in [1.54, 1.807) is 20.8 Å². The summed E-state index contributed by atoms with van der Waals surface area (Å²) in [5, 5.41) is 9.38. The minimum atomic E-state index is -0.396. The molecular formula is C10H18O3Zr. The van der Waals surface area contributed by atoms with Crippen LogP contribution >= 0.6 is 0 Å². The summed E-state index contributed by atoms with van der Waals surface area (Å²) in [6.07, 6.45) is 0.845. The summed E-state index contributed by atoms with van der Waals surface area (Å²) in [4.78, 5) is 11.2. The molecule has 0 spiro atoms. The van der Waals surface area contributed by atoms with Crippen LogP contribution in [0, 0.1) is 5.92 Å². The Morgan fingerprint density at radius 2 is 1.93 bits per heavy atom. The maximum Gasteiger partial charge on any atom is 0.161 e. The third-order valence-corrected chi connectivity index (χ3v) is 1.69. The summed E-state index contributed by atoms with van der Waals surface area (Å²) >= 11 is 0. The van der Waals surface area contributed by atoms with Gasteiger partial charge in [-0.2, -0.15) is 0 Å². The second kappa shape index (κ2) is 8.37. The molecule has 0 saturated carbocycles. The molecule has 0 saturated heterocycles. The van der Waals surface area contributed by atoms with Gasteiger partial charge >= 0.3 is 0 Å². The Labute approximate surface area is 105 Å². The number of ketones is 1. The molecule has 0 amide bonds. The van der Waals surface area contributed by atoms with Crippen molar-refractivity contribution in [1.29, 1.82) is 0 Å². The van der Waals surface area contributed by atoms with Gasteiger partial charge in [0.1, 0.15) is 11.9 Å². The number of hydrogen-bond acceptors (Lipinski definition) is 3. The summed E-state index contributed by atoms with van der Waals surface area (Å²) in [7, 11) is 0. The van der Waals surface area contributed by atoms with Gasteiger partial charge in [0.2, 0.25) is 0 Å². The summed E-state index contributed by atoms with van der Waals surface area (Å²) in [5.41, 5.74) is 0. The van der Waals surface area contributed by atoms with E-state index in [-0.39, 0.29) is 43.7 Å². The van der Waals surface area contributed by atoms with Gasteiger partial charge in [-0.1, -0.05) is 13.8 Å². The van der Waals surface area contributed by atoms with E-state index in [1.165, 1.54) is 6.08 Å². The summed E-state index contributed by atoms with van der Waals surface area (Å²) in [6, 6.07) is 0. The van der Waals surface area contributed by atoms with Crippen LogP contribution < -0.4 is 0 Å². The van der Waals surface area contributed by atoms with E-state index >= 15 is 0 Å². The number of hydrogen-bond donors (Lipinski definition) is 1. The maximum atomic E-state index is 11.2. The molecule has 0 bridgehead atoms. The van der Waals surface area contributed by atoms with Crippen LogP contribution in [0.25, 0.3) is 0 Å². The van der Waals surface area contributed by atoms with Gasteiger partial charge in [-0.15, -0.1) is 0 Å².